The Morgan fingerprint density at radius 3 is 2.37 bits per heavy atom. The van der Waals surface area contributed by atoms with Gasteiger partial charge in [-0.25, -0.2) is 4.68 Å². The van der Waals surface area contributed by atoms with Crippen molar-refractivity contribution >= 4 is 21.8 Å². The SMILES string of the molecule is Cc1cc(C)n(-c2ccc(C(=O)N(C)CCOc3ccc(Br)cc3)cc2)n1. The number of benzene rings is 2. The molecule has 1 heterocycles. The van der Waals surface area contributed by atoms with Crippen molar-refractivity contribution in [1.29, 1.82) is 0 Å². The smallest absolute Gasteiger partial charge is 0.253 e. The summed E-state index contributed by atoms with van der Waals surface area (Å²) in [7, 11) is 1.78. The number of carbonyl (C=O) groups excluding carboxylic acids is 1. The van der Waals surface area contributed by atoms with E-state index in [0.717, 1.165) is 27.3 Å². The first kappa shape index (κ1) is 19.2. The van der Waals surface area contributed by atoms with E-state index in [1.807, 2.05) is 73.1 Å². The second-order valence-corrected chi connectivity index (χ2v) is 7.33. The fourth-order valence-electron chi connectivity index (χ4n) is 2.79. The minimum atomic E-state index is -0.0330. The molecule has 0 fully saturated rings. The maximum absolute atomic E-state index is 12.6. The Morgan fingerprint density at radius 2 is 1.78 bits per heavy atom. The Labute approximate surface area is 167 Å². The summed E-state index contributed by atoms with van der Waals surface area (Å²) in [4.78, 5) is 14.3. The number of hydrogen-bond acceptors (Lipinski definition) is 3. The lowest BCUT2D eigenvalue weighted by Gasteiger charge is -2.18. The Hall–Kier alpha value is -2.60. The number of rotatable bonds is 6. The molecule has 1 aromatic heterocycles. The quantitative estimate of drug-likeness (QED) is 0.585. The average molecular weight is 428 g/mol. The Bertz CT molecular complexity index is 918. The molecule has 0 bridgehead atoms. The van der Waals surface area contributed by atoms with Crippen molar-refractivity contribution in [1.82, 2.24) is 14.7 Å². The van der Waals surface area contributed by atoms with Crippen LogP contribution in [0.25, 0.3) is 5.69 Å². The maximum atomic E-state index is 12.6. The van der Waals surface area contributed by atoms with Crippen LogP contribution in [0.5, 0.6) is 5.75 Å². The Balaban J connectivity index is 1.58. The van der Waals surface area contributed by atoms with Gasteiger partial charge in [-0.05, 0) is 68.4 Å². The molecule has 140 valence electrons. The van der Waals surface area contributed by atoms with E-state index in [0.29, 0.717) is 18.7 Å². The number of aryl methyl sites for hydroxylation is 2. The molecule has 0 aliphatic heterocycles. The summed E-state index contributed by atoms with van der Waals surface area (Å²) in [5.41, 5.74) is 3.62. The zero-order valence-corrected chi connectivity index (χ0v) is 17.2. The monoisotopic (exact) mass is 427 g/mol. The Morgan fingerprint density at radius 1 is 1.11 bits per heavy atom. The predicted octanol–water partition coefficient (Wildman–Crippen LogP) is 4.40. The molecule has 6 heteroatoms. The van der Waals surface area contributed by atoms with E-state index in [1.54, 1.807) is 11.9 Å². The number of hydrogen-bond donors (Lipinski definition) is 0. The van der Waals surface area contributed by atoms with Gasteiger partial charge >= 0.3 is 0 Å². The average Bonchev–Trinajstić information content (AvgIpc) is 3.01. The van der Waals surface area contributed by atoms with Crippen molar-refractivity contribution in [3.63, 3.8) is 0 Å². The minimum absolute atomic E-state index is 0.0330. The standard InChI is InChI=1S/C21H22BrN3O2/c1-15-14-16(2)25(23-15)19-8-4-17(5-9-19)21(26)24(3)12-13-27-20-10-6-18(22)7-11-20/h4-11,14H,12-13H2,1-3H3. The third-order valence-corrected chi connectivity index (χ3v) is 4.75. The zero-order valence-electron chi connectivity index (χ0n) is 15.6. The van der Waals surface area contributed by atoms with Crippen LogP contribution in [0, 0.1) is 13.8 Å². The second-order valence-electron chi connectivity index (χ2n) is 6.41. The van der Waals surface area contributed by atoms with Crippen molar-refractivity contribution < 1.29 is 9.53 Å². The summed E-state index contributed by atoms with van der Waals surface area (Å²) in [6.45, 7) is 4.92. The van der Waals surface area contributed by atoms with Crippen molar-refractivity contribution in [2.24, 2.45) is 0 Å². The van der Waals surface area contributed by atoms with Crippen molar-refractivity contribution in [3.05, 3.63) is 76.0 Å². The number of nitrogens with zero attached hydrogens (tertiary/aromatic N) is 3. The molecular weight excluding hydrogens is 406 g/mol. The van der Waals surface area contributed by atoms with E-state index in [2.05, 4.69) is 21.0 Å². The molecule has 0 saturated carbocycles. The van der Waals surface area contributed by atoms with Crippen LogP contribution in [0.4, 0.5) is 0 Å². The molecule has 3 aromatic rings. The first-order chi connectivity index (χ1) is 12.9. The van der Waals surface area contributed by atoms with Gasteiger partial charge in [-0.1, -0.05) is 15.9 Å². The molecular formula is C21H22BrN3O2. The number of amides is 1. The van der Waals surface area contributed by atoms with Crippen LogP contribution in [-0.4, -0.2) is 40.8 Å². The van der Waals surface area contributed by atoms with Gasteiger partial charge in [0.25, 0.3) is 5.91 Å². The number of carbonyl (C=O) groups is 1. The molecule has 0 spiro atoms. The van der Waals surface area contributed by atoms with Crippen molar-refractivity contribution in [2.45, 2.75) is 13.8 Å². The number of aromatic nitrogens is 2. The van der Waals surface area contributed by atoms with Crippen LogP contribution >= 0.6 is 15.9 Å². The molecule has 2 aromatic carbocycles. The summed E-state index contributed by atoms with van der Waals surface area (Å²) in [5.74, 6) is 0.752. The Kier molecular flexibility index (Phi) is 5.96. The molecule has 27 heavy (non-hydrogen) atoms. The number of ether oxygens (including phenoxy) is 1. The minimum Gasteiger partial charge on any atom is -0.492 e. The van der Waals surface area contributed by atoms with Crippen LogP contribution in [0.2, 0.25) is 0 Å². The third kappa shape index (κ3) is 4.77. The molecule has 0 atom stereocenters. The summed E-state index contributed by atoms with van der Waals surface area (Å²) < 4.78 is 8.56. The molecule has 5 nitrogen and oxygen atoms in total. The molecule has 3 rings (SSSR count). The fourth-order valence-corrected chi connectivity index (χ4v) is 3.05. The van der Waals surface area contributed by atoms with Gasteiger partial charge in [-0.3, -0.25) is 4.79 Å². The maximum Gasteiger partial charge on any atom is 0.253 e. The van der Waals surface area contributed by atoms with Gasteiger partial charge in [-0.15, -0.1) is 0 Å². The van der Waals surface area contributed by atoms with Crippen LogP contribution in [0.15, 0.2) is 59.1 Å². The van der Waals surface area contributed by atoms with Gasteiger partial charge in [0.2, 0.25) is 0 Å². The van der Waals surface area contributed by atoms with Gasteiger partial charge in [0.05, 0.1) is 17.9 Å². The molecule has 0 radical (unpaired) electrons. The first-order valence-electron chi connectivity index (χ1n) is 8.71. The highest BCUT2D eigenvalue weighted by Crippen LogP contribution is 2.16. The zero-order chi connectivity index (χ0) is 19.4. The van der Waals surface area contributed by atoms with E-state index in [4.69, 9.17) is 4.74 Å². The summed E-state index contributed by atoms with van der Waals surface area (Å²) in [6.07, 6.45) is 0. The summed E-state index contributed by atoms with van der Waals surface area (Å²) in [6, 6.07) is 17.2. The molecule has 0 saturated heterocycles. The van der Waals surface area contributed by atoms with E-state index in [1.165, 1.54) is 0 Å². The van der Waals surface area contributed by atoms with Crippen LogP contribution < -0.4 is 4.74 Å². The van der Waals surface area contributed by atoms with Crippen LogP contribution in [0.1, 0.15) is 21.7 Å². The van der Waals surface area contributed by atoms with Crippen molar-refractivity contribution in [2.75, 3.05) is 20.2 Å². The van der Waals surface area contributed by atoms with Crippen molar-refractivity contribution in [3.8, 4) is 11.4 Å². The van der Waals surface area contributed by atoms with Gasteiger partial charge < -0.3 is 9.64 Å². The lowest BCUT2D eigenvalue weighted by atomic mass is 10.2. The normalized spacial score (nSPS) is 10.7. The fraction of sp³-hybridized carbons (Fsp3) is 0.238. The largest absolute Gasteiger partial charge is 0.492 e. The lowest BCUT2D eigenvalue weighted by molar-refractivity contribution is 0.0774. The van der Waals surface area contributed by atoms with E-state index >= 15 is 0 Å². The molecule has 1 amide bonds. The molecule has 0 N–H and O–H groups in total. The lowest BCUT2D eigenvalue weighted by Crippen LogP contribution is -2.30. The van der Waals surface area contributed by atoms with Gasteiger partial charge in [0.1, 0.15) is 12.4 Å². The van der Waals surface area contributed by atoms with Gasteiger partial charge in [0.15, 0.2) is 0 Å². The summed E-state index contributed by atoms with van der Waals surface area (Å²) >= 11 is 3.39. The number of halogens is 1. The highest BCUT2D eigenvalue weighted by atomic mass is 79.9. The first-order valence-corrected chi connectivity index (χ1v) is 9.51. The molecule has 0 aliphatic rings. The van der Waals surface area contributed by atoms with Gasteiger partial charge in [-0.2, -0.15) is 5.10 Å². The van der Waals surface area contributed by atoms with E-state index < -0.39 is 0 Å². The van der Waals surface area contributed by atoms with Crippen LogP contribution in [0.3, 0.4) is 0 Å². The summed E-state index contributed by atoms with van der Waals surface area (Å²) in [5, 5.41) is 4.47. The topological polar surface area (TPSA) is 47.4 Å². The van der Waals surface area contributed by atoms with E-state index in [9.17, 15) is 4.79 Å². The second kappa shape index (κ2) is 8.39. The van der Waals surface area contributed by atoms with Crippen LogP contribution in [-0.2, 0) is 0 Å². The number of likely N-dealkylation sites (N-methyl/N-ethyl adjacent to an activating group) is 1. The third-order valence-electron chi connectivity index (χ3n) is 4.22. The predicted molar refractivity (Wildman–Crippen MR) is 110 cm³/mol. The van der Waals surface area contributed by atoms with E-state index in [-0.39, 0.29) is 5.91 Å². The highest BCUT2D eigenvalue weighted by molar-refractivity contribution is 9.10. The highest BCUT2D eigenvalue weighted by Gasteiger charge is 2.12. The van der Waals surface area contributed by atoms with Gasteiger partial charge in [0, 0.05) is 22.8 Å². The molecule has 0 aliphatic carbocycles. The molecule has 0 unspecified atom stereocenters.